The van der Waals surface area contributed by atoms with Gasteiger partial charge in [0, 0.05) is 12.7 Å². The van der Waals surface area contributed by atoms with Crippen molar-refractivity contribution in [1.29, 1.82) is 0 Å². The van der Waals surface area contributed by atoms with E-state index in [1.807, 2.05) is 31.2 Å². The summed E-state index contributed by atoms with van der Waals surface area (Å²) in [5.74, 6) is -1.53. The fourth-order valence-electron chi connectivity index (χ4n) is 3.25. The molecule has 1 aromatic heterocycles. The maximum absolute atomic E-state index is 12.7. The highest BCUT2D eigenvalue weighted by molar-refractivity contribution is 5.96. The van der Waals surface area contributed by atoms with E-state index in [0.29, 0.717) is 25.9 Å². The average molecular weight is 340 g/mol. The number of hydrogen-bond acceptors (Lipinski definition) is 3. The van der Waals surface area contributed by atoms with E-state index in [0.717, 1.165) is 11.1 Å². The second-order valence-corrected chi connectivity index (χ2v) is 6.34. The number of aliphatic carboxylic acids is 1. The topological polar surface area (TPSA) is 79.6 Å². The summed E-state index contributed by atoms with van der Waals surface area (Å²) in [6.45, 7) is 2.71. The smallest absolute Gasteiger partial charge is 0.326 e. The molecule has 1 amide bonds. The normalized spacial score (nSPS) is 16.8. The SMILES string of the molecule is Cc1cccc(Cn2cccc(C(=O)N3CCC[C@H]3C(=O)O)c2=O)c1. The van der Waals surface area contributed by atoms with Gasteiger partial charge in [-0.25, -0.2) is 4.79 Å². The van der Waals surface area contributed by atoms with Crippen LogP contribution in [0.4, 0.5) is 0 Å². The van der Waals surface area contributed by atoms with Gasteiger partial charge in [-0.1, -0.05) is 29.8 Å². The number of carbonyl (C=O) groups excluding carboxylic acids is 1. The molecule has 1 saturated heterocycles. The number of carboxylic acid groups (broad SMARTS) is 1. The number of hydrogen-bond donors (Lipinski definition) is 1. The van der Waals surface area contributed by atoms with Crippen LogP contribution >= 0.6 is 0 Å². The standard InChI is InChI=1S/C19H20N2O4/c1-13-5-2-6-14(11-13)12-20-9-3-7-15(17(20)22)18(23)21-10-4-8-16(21)19(24)25/h2-3,5-7,9,11,16H,4,8,10,12H2,1H3,(H,24,25)/t16-/m0/s1. The first-order valence-electron chi connectivity index (χ1n) is 8.26. The van der Waals surface area contributed by atoms with Crippen LogP contribution in [-0.4, -0.2) is 39.0 Å². The largest absolute Gasteiger partial charge is 0.480 e. The Bertz CT molecular complexity index is 872. The zero-order valence-corrected chi connectivity index (χ0v) is 14.0. The van der Waals surface area contributed by atoms with Crippen LogP contribution in [0.5, 0.6) is 0 Å². The number of nitrogens with zero attached hydrogens (tertiary/aromatic N) is 2. The molecule has 2 heterocycles. The molecule has 1 atom stereocenters. The molecular weight excluding hydrogens is 320 g/mol. The third kappa shape index (κ3) is 3.47. The molecule has 0 bridgehead atoms. The lowest BCUT2D eigenvalue weighted by atomic mass is 10.1. The second kappa shape index (κ2) is 6.93. The first-order valence-corrected chi connectivity index (χ1v) is 8.26. The third-order valence-corrected chi connectivity index (χ3v) is 4.48. The van der Waals surface area contributed by atoms with Crippen molar-refractivity contribution in [3.63, 3.8) is 0 Å². The molecule has 1 fully saturated rings. The highest BCUT2D eigenvalue weighted by atomic mass is 16.4. The molecule has 1 aromatic carbocycles. The number of likely N-dealkylation sites (tertiary alicyclic amines) is 1. The van der Waals surface area contributed by atoms with Gasteiger partial charge in [-0.3, -0.25) is 9.59 Å². The maximum Gasteiger partial charge on any atom is 0.326 e. The minimum absolute atomic E-state index is 0.0169. The molecular formula is C19H20N2O4. The molecule has 0 radical (unpaired) electrons. The summed E-state index contributed by atoms with van der Waals surface area (Å²) in [6, 6.07) is 10.1. The zero-order chi connectivity index (χ0) is 18.0. The minimum atomic E-state index is -1.03. The number of carbonyl (C=O) groups is 2. The Balaban J connectivity index is 1.89. The first kappa shape index (κ1) is 17.0. The Hall–Kier alpha value is -2.89. The van der Waals surface area contributed by atoms with Crippen LogP contribution in [0.2, 0.25) is 0 Å². The summed E-state index contributed by atoms with van der Waals surface area (Å²) in [4.78, 5) is 38.0. The Morgan fingerprint density at radius 3 is 2.76 bits per heavy atom. The Morgan fingerprint density at radius 2 is 2.04 bits per heavy atom. The lowest BCUT2D eigenvalue weighted by Crippen LogP contribution is -2.43. The van der Waals surface area contributed by atoms with Crippen LogP contribution in [-0.2, 0) is 11.3 Å². The molecule has 1 aliphatic rings. The van der Waals surface area contributed by atoms with E-state index in [1.165, 1.54) is 15.5 Å². The molecule has 3 rings (SSSR count). The Kier molecular flexibility index (Phi) is 4.70. The van der Waals surface area contributed by atoms with Crippen molar-refractivity contribution in [2.45, 2.75) is 32.4 Å². The third-order valence-electron chi connectivity index (χ3n) is 4.48. The van der Waals surface area contributed by atoms with Gasteiger partial charge in [-0.15, -0.1) is 0 Å². The molecule has 25 heavy (non-hydrogen) atoms. The number of pyridine rings is 1. The molecule has 0 aliphatic carbocycles. The van der Waals surface area contributed by atoms with Crippen molar-refractivity contribution >= 4 is 11.9 Å². The molecule has 2 aromatic rings. The quantitative estimate of drug-likeness (QED) is 0.922. The van der Waals surface area contributed by atoms with Gasteiger partial charge in [-0.05, 0) is 37.5 Å². The van der Waals surface area contributed by atoms with Gasteiger partial charge in [0.05, 0.1) is 6.54 Å². The lowest BCUT2D eigenvalue weighted by Gasteiger charge is -2.21. The Morgan fingerprint density at radius 1 is 1.24 bits per heavy atom. The van der Waals surface area contributed by atoms with E-state index in [9.17, 15) is 19.5 Å². The van der Waals surface area contributed by atoms with Gasteiger partial charge in [0.1, 0.15) is 11.6 Å². The number of benzene rings is 1. The summed E-state index contributed by atoms with van der Waals surface area (Å²) in [5, 5.41) is 9.25. The van der Waals surface area contributed by atoms with Crippen molar-refractivity contribution in [2.75, 3.05) is 6.54 Å². The van der Waals surface area contributed by atoms with E-state index < -0.39 is 23.5 Å². The van der Waals surface area contributed by atoms with Crippen LogP contribution in [0.3, 0.4) is 0 Å². The summed E-state index contributed by atoms with van der Waals surface area (Å²) >= 11 is 0. The van der Waals surface area contributed by atoms with Gasteiger partial charge < -0.3 is 14.6 Å². The van der Waals surface area contributed by atoms with Crippen LogP contribution in [0.1, 0.15) is 34.3 Å². The van der Waals surface area contributed by atoms with Crippen LogP contribution in [0, 0.1) is 6.92 Å². The second-order valence-electron chi connectivity index (χ2n) is 6.34. The van der Waals surface area contributed by atoms with Crippen molar-refractivity contribution in [2.24, 2.45) is 0 Å². The number of amides is 1. The predicted molar refractivity (Wildman–Crippen MR) is 92.7 cm³/mol. The van der Waals surface area contributed by atoms with Gasteiger partial charge in [0.15, 0.2) is 0 Å². The molecule has 0 saturated carbocycles. The summed E-state index contributed by atoms with van der Waals surface area (Å²) in [6.07, 6.45) is 2.69. The summed E-state index contributed by atoms with van der Waals surface area (Å²) in [5.41, 5.74) is 1.68. The van der Waals surface area contributed by atoms with E-state index in [2.05, 4.69) is 0 Å². The van der Waals surface area contributed by atoms with E-state index in [4.69, 9.17) is 0 Å². The predicted octanol–water partition coefficient (Wildman–Crippen LogP) is 1.89. The van der Waals surface area contributed by atoms with Gasteiger partial charge in [-0.2, -0.15) is 0 Å². The van der Waals surface area contributed by atoms with Gasteiger partial charge >= 0.3 is 5.97 Å². The van der Waals surface area contributed by atoms with E-state index >= 15 is 0 Å². The van der Waals surface area contributed by atoms with Gasteiger partial charge in [0.25, 0.3) is 11.5 Å². The highest BCUT2D eigenvalue weighted by Gasteiger charge is 2.35. The molecule has 6 nitrogen and oxygen atoms in total. The van der Waals surface area contributed by atoms with E-state index in [1.54, 1.807) is 12.3 Å². The van der Waals surface area contributed by atoms with Gasteiger partial charge in [0.2, 0.25) is 0 Å². The number of aryl methyl sites for hydroxylation is 1. The molecule has 1 N–H and O–H groups in total. The fourth-order valence-corrected chi connectivity index (χ4v) is 3.25. The average Bonchev–Trinajstić information content (AvgIpc) is 3.06. The lowest BCUT2D eigenvalue weighted by molar-refractivity contribution is -0.141. The van der Waals surface area contributed by atoms with Crippen molar-refractivity contribution < 1.29 is 14.7 Å². The van der Waals surface area contributed by atoms with E-state index in [-0.39, 0.29) is 5.56 Å². The molecule has 130 valence electrons. The summed E-state index contributed by atoms with van der Waals surface area (Å²) in [7, 11) is 0. The Labute approximate surface area is 145 Å². The van der Waals surface area contributed by atoms with Crippen molar-refractivity contribution in [3.05, 3.63) is 69.6 Å². The molecule has 0 spiro atoms. The molecule has 0 unspecified atom stereocenters. The maximum atomic E-state index is 12.7. The van der Waals surface area contributed by atoms with Crippen molar-refractivity contribution in [3.8, 4) is 0 Å². The zero-order valence-electron chi connectivity index (χ0n) is 14.0. The molecule has 1 aliphatic heterocycles. The van der Waals surface area contributed by atoms with Crippen LogP contribution in [0.15, 0.2) is 47.4 Å². The number of aromatic nitrogens is 1. The summed E-state index contributed by atoms with van der Waals surface area (Å²) < 4.78 is 1.48. The van der Waals surface area contributed by atoms with Crippen molar-refractivity contribution in [1.82, 2.24) is 9.47 Å². The van der Waals surface area contributed by atoms with Crippen LogP contribution < -0.4 is 5.56 Å². The number of carboxylic acids is 1. The van der Waals surface area contributed by atoms with Crippen LogP contribution in [0.25, 0.3) is 0 Å². The highest BCUT2D eigenvalue weighted by Crippen LogP contribution is 2.19. The first-order chi connectivity index (χ1) is 12.0. The molecule has 6 heteroatoms. The number of rotatable bonds is 4. The monoisotopic (exact) mass is 340 g/mol. The fraction of sp³-hybridized carbons (Fsp3) is 0.316. The minimum Gasteiger partial charge on any atom is -0.480 e.